The van der Waals surface area contributed by atoms with Crippen LogP contribution in [0.25, 0.3) is 28.0 Å². The molecule has 0 aliphatic carbocycles. The number of benzene rings is 2. The summed E-state index contributed by atoms with van der Waals surface area (Å²) >= 11 is 0. The van der Waals surface area contributed by atoms with E-state index in [2.05, 4.69) is 86.8 Å². The Labute approximate surface area is 220 Å². The molecule has 0 aliphatic heterocycles. The average molecular weight is 505 g/mol. The van der Waals surface area contributed by atoms with Crippen LogP contribution >= 0.6 is 0 Å². The van der Waals surface area contributed by atoms with E-state index in [1.807, 2.05) is 12.1 Å². The van der Waals surface area contributed by atoms with Crippen molar-refractivity contribution in [3.05, 3.63) is 48.2 Å². The van der Waals surface area contributed by atoms with Crippen molar-refractivity contribution >= 4 is 10.9 Å². The number of ether oxygens (including phenoxy) is 2. The predicted octanol–water partition coefficient (Wildman–Crippen LogP) is 7.66. The molecule has 1 N–H and O–H groups in total. The largest absolute Gasteiger partial charge is 0.493 e. The van der Waals surface area contributed by atoms with E-state index in [0.29, 0.717) is 30.8 Å². The van der Waals surface area contributed by atoms with E-state index >= 15 is 0 Å². The molecule has 2 aromatic heterocycles. The zero-order chi connectivity index (χ0) is 26.5. The van der Waals surface area contributed by atoms with Gasteiger partial charge in [-0.3, -0.25) is 0 Å². The Balaban J connectivity index is 1.84. The van der Waals surface area contributed by atoms with E-state index in [0.717, 1.165) is 59.2 Å². The highest BCUT2D eigenvalue weighted by Crippen LogP contribution is 2.40. The van der Waals surface area contributed by atoms with Crippen molar-refractivity contribution in [1.29, 1.82) is 0 Å². The lowest BCUT2D eigenvalue weighted by atomic mass is 9.98. The van der Waals surface area contributed by atoms with E-state index < -0.39 is 0 Å². The molecule has 0 saturated heterocycles. The fourth-order valence-electron chi connectivity index (χ4n) is 4.53. The van der Waals surface area contributed by atoms with Gasteiger partial charge in [-0.05, 0) is 68.5 Å². The molecule has 0 amide bonds. The van der Waals surface area contributed by atoms with E-state index in [9.17, 15) is 5.11 Å². The van der Waals surface area contributed by atoms with Crippen LogP contribution in [0, 0.1) is 0 Å². The fraction of sp³-hybridized carbons (Fsp3) is 0.467. The number of rotatable bonds is 12. The Morgan fingerprint density at radius 1 is 0.865 bits per heavy atom. The van der Waals surface area contributed by atoms with Crippen LogP contribution in [0.4, 0.5) is 0 Å². The summed E-state index contributed by atoms with van der Waals surface area (Å²) in [6.07, 6.45) is 6.14. The number of aromatic nitrogens is 4. The van der Waals surface area contributed by atoms with Gasteiger partial charge in [0.1, 0.15) is 11.5 Å². The second-order valence-corrected chi connectivity index (χ2v) is 10.2. The quantitative estimate of drug-likeness (QED) is 0.201. The van der Waals surface area contributed by atoms with Gasteiger partial charge in [0.05, 0.1) is 24.5 Å². The van der Waals surface area contributed by atoms with Gasteiger partial charge in [0.25, 0.3) is 0 Å². The highest BCUT2D eigenvalue weighted by atomic mass is 16.5. The molecule has 4 rings (SSSR count). The molecule has 0 spiro atoms. The third kappa shape index (κ3) is 5.60. The molecule has 2 heterocycles. The van der Waals surface area contributed by atoms with Crippen LogP contribution < -0.4 is 9.47 Å². The Bertz CT molecular complexity index is 1340. The third-order valence-corrected chi connectivity index (χ3v) is 6.65. The standard InChI is InChI=1S/C30H40N4O3/c1-7-9-15-36-27-19-28(37-16-10-8-2)25(18-24(27)20(3)4)29-31-32-30(35)34(29)23-11-12-26-22(17-23)13-14-33(26)21(5)6/h11-14,17-21H,7-10,15-16H2,1-6H3,(H,32,35). The number of hydrogen-bond donors (Lipinski definition) is 1. The number of aromatic hydroxyl groups is 1. The molecule has 0 bridgehead atoms. The summed E-state index contributed by atoms with van der Waals surface area (Å²) < 4.78 is 16.4. The normalized spacial score (nSPS) is 11.7. The van der Waals surface area contributed by atoms with E-state index in [1.165, 1.54) is 0 Å². The zero-order valence-electron chi connectivity index (χ0n) is 23.0. The molecule has 0 saturated carbocycles. The van der Waals surface area contributed by atoms with Crippen LogP contribution in [0.15, 0.2) is 42.6 Å². The predicted molar refractivity (Wildman–Crippen MR) is 149 cm³/mol. The highest BCUT2D eigenvalue weighted by Gasteiger charge is 2.23. The van der Waals surface area contributed by atoms with Crippen molar-refractivity contribution in [1.82, 2.24) is 19.3 Å². The molecule has 0 radical (unpaired) electrons. The summed E-state index contributed by atoms with van der Waals surface area (Å²) in [5, 5.41) is 20.4. The minimum absolute atomic E-state index is 0.161. The minimum Gasteiger partial charge on any atom is -0.493 e. The first kappa shape index (κ1) is 26.6. The lowest BCUT2D eigenvalue weighted by molar-refractivity contribution is 0.292. The molecule has 0 fully saturated rings. The number of nitrogens with zero attached hydrogens (tertiary/aromatic N) is 4. The van der Waals surface area contributed by atoms with Gasteiger partial charge in [-0.1, -0.05) is 45.6 Å². The first-order valence-corrected chi connectivity index (χ1v) is 13.5. The number of unbranched alkanes of at least 4 members (excludes halogenated alkanes) is 2. The van der Waals surface area contributed by atoms with Crippen molar-refractivity contribution in [3.63, 3.8) is 0 Å². The van der Waals surface area contributed by atoms with Crippen LogP contribution in [0.2, 0.25) is 0 Å². The topological polar surface area (TPSA) is 74.3 Å². The Morgan fingerprint density at radius 3 is 2.22 bits per heavy atom. The maximum atomic E-state index is 10.8. The second kappa shape index (κ2) is 11.7. The molecular weight excluding hydrogens is 464 g/mol. The minimum atomic E-state index is -0.161. The van der Waals surface area contributed by atoms with Gasteiger partial charge in [-0.25, -0.2) is 4.57 Å². The van der Waals surface area contributed by atoms with E-state index in [4.69, 9.17) is 9.47 Å². The van der Waals surface area contributed by atoms with Gasteiger partial charge in [0.2, 0.25) is 0 Å². The van der Waals surface area contributed by atoms with Crippen LogP contribution in [-0.2, 0) is 0 Å². The van der Waals surface area contributed by atoms with Crippen LogP contribution in [-0.4, -0.2) is 37.7 Å². The molecule has 7 heteroatoms. The number of hydrogen-bond acceptors (Lipinski definition) is 5. The highest BCUT2D eigenvalue weighted by molar-refractivity contribution is 5.83. The molecule has 0 aliphatic rings. The van der Waals surface area contributed by atoms with Crippen LogP contribution in [0.1, 0.15) is 84.7 Å². The first-order chi connectivity index (χ1) is 17.8. The van der Waals surface area contributed by atoms with Crippen molar-refractivity contribution in [2.45, 2.75) is 79.2 Å². The average Bonchev–Trinajstić information content (AvgIpc) is 3.47. The van der Waals surface area contributed by atoms with Gasteiger partial charge < -0.3 is 19.1 Å². The summed E-state index contributed by atoms with van der Waals surface area (Å²) in [7, 11) is 0. The zero-order valence-corrected chi connectivity index (χ0v) is 23.0. The first-order valence-electron chi connectivity index (χ1n) is 13.5. The second-order valence-electron chi connectivity index (χ2n) is 10.2. The molecule has 2 aromatic carbocycles. The molecule has 4 aromatic rings. The van der Waals surface area contributed by atoms with E-state index in [1.54, 1.807) is 4.57 Å². The van der Waals surface area contributed by atoms with Gasteiger partial charge in [0.15, 0.2) is 5.82 Å². The van der Waals surface area contributed by atoms with Gasteiger partial charge in [0, 0.05) is 29.2 Å². The van der Waals surface area contributed by atoms with Gasteiger partial charge in [-0.15, -0.1) is 5.10 Å². The maximum absolute atomic E-state index is 10.8. The fourth-order valence-corrected chi connectivity index (χ4v) is 4.53. The van der Waals surface area contributed by atoms with Gasteiger partial charge >= 0.3 is 6.01 Å². The van der Waals surface area contributed by atoms with Crippen LogP contribution in [0.3, 0.4) is 0 Å². The summed E-state index contributed by atoms with van der Waals surface area (Å²) in [6.45, 7) is 14.2. The SMILES string of the molecule is CCCCOc1cc(OCCCC)c(C(C)C)cc1-c1nnc(O)n1-c1ccc2c(ccn2C(C)C)c1. The maximum Gasteiger partial charge on any atom is 0.319 e. The Morgan fingerprint density at radius 2 is 1.57 bits per heavy atom. The summed E-state index contributed by atoms with van der Waals surface area (Å²) in [5.74, 6) is 2.29. The lowest BCUT2D eigenvalue weighted by Gasteiger charge is -2.19. The smallest absolute Gasteiger partial charge is 0.319 e. The lowest BCUT2D eigenvalue weighted by Crippen LogP contribution is -2.06. The Hall–Kier alpha value is -3.48. The molecule has 198 valence electrons. The third-order valence-electron chi connectivity index (χ3n) is 6.65. The summed E-state index contributed by atoms with van der Waals surface area (Å²) in [4.78, 5) is 0. The van der Waals surface area contributed by atoms with Gasteiger partial charge in [-0.2, -0.15) is 0 Å². The molecule has 7 nitrogen and oxygen atoms in total. The van der Waals surface area contributed by atoms with Crippen molar-refractivity contribution in [3.8, 4) is 34.6 Å². The molecule has 0 unspecified atom stereocenters. The van der Waals surface area contributed by atoms with Crippen molar-refractivity contribution in [2.75, 3.05) is 13.2 Å². The molecule has 0 atom stereocenters. The number of fused-ring (bicyclic) bond motifs is 1. The molecular formula is C30H40N4O3. The Kier molecular flexibility index (Phi) is 8.41. The summed E-state index contributed by atoms with van der Waals surface area (Å²) in [5.41, 5.74) is 3.80. The molecule has 37 heavy (non-hydrogen) atoms. The summed E-state index contributed by atoms with van der Waals surface area (Å²) in [6, 6.07) is 12.5. The van der Waals surface area contributed by atoms with Crippen LogP contribution in [0.5, 0.6) is 17.5 Å². The van der Waals surface area contributed by atoms with Crippen molar-refractivity contribution < 1.29 is 14.6 Å². The van der Waals surface area contributed by atoms with E-state index in [-0.39, 0.29) is 11.9 Å². The monoisotopic (exact) mass is 504 g/mol. The van der Waals surface area contributed by atoms with Crippen molar-refractivity contribution in [2.24, 2.45) is 0 Å².